The number of nitrogens with zero attached hydrogens (tertiary/aromatic N) is 1. The van der Waals surface area contributed by atoms with Gasteiger partial charge in [0.2, 0.25) is 0 Å². The van der Waals surface area contributed by atoms with Crippen molar-refractivity contribution in [2.45, 2.75) is 12.5 Å². The van der Waals surface area contributed by atoms with Gasteiger partial charge in [0.25, 0.3) is 5.91 Å². The SMILES string of the molecule is CC1(OCC(=O)O)CN(C(=O)c2cc(Cl)c[nH]2)C1. The number of aromatic nitrogens is 1. The monoisotopic (exact) mass is 272 g/mol. The van der Waals surface area contributed by atoms with E-state index in [2.05, 4.69) is 4.98 Å². The van der Waals surface area contributed by atoms with E-state index < -0.39 is 11.6 Å². The molecule has 1 saturated heterocycles. The van der Waals surface area contributed by atoms with Crippen molar-refractivity contribution in [3.63, 3.8) is 0 Å². The van der Waals surface area contributed by atoms with Gasteiger partial charge in [0.15, 0.2) is 0 Å². The molecule has 0 unspecified atom stereocenters. The second-order valence-electron chi connectivity index (χ2n) is 4.53. The average Bonchev–Trinajstić information content (AvgIpc) is 2.68. The van der Waals surface area contributed by atoms with Gasteiger partial charge < -0.3 is 19.7 Å². The number of ether oxygens (including phenoxy) is 1. The zero-order chi connectivity index (χ0) is 13.3. The molecule has 0 bridgehead atoms. The number of halogens is 1. The highest BCUT2D eigenvalue weighted by Crippen LogP contribution is 2.26. The summed E-state index contributed by atoms with van der Waals surface area (Å²) in [6.07, 6.45) is 1.54. The van der Waals surface area contributed by atoms with Crippen molar-refractivity contribution in [2.75, 3.05) is 19.7 Å². The molecule has 0 aromatic carbocycles. The molecule has 7 heteroatoms. The summed E-state index contributed by atoms with van der Waals surface area (Å²) in [5.74, 6) is -1.18. The average molecular weight is 273 g/mol. The van der Waals surface area contributed by atoms with Crippen LogP contribution in [0, 0.1) is 0 Å². The number of carbonyl (C=O) groups is 2. The summed E-state index contributed by atoms with van der Waals surface area (Å²) >= 11 is 5.72. The number of aromatic amines is 1. The van der Waals surface area contributed by atoms with Crippen LogP contribution in [0.1, 0.15) is 17.4 Å². The van der Waals surface area contributed by atoms with Crippen LogP contribution in [0.15, 0.2) is 12.3 Å². The number of hydrogen-bond acceptors (Lipinski definition) is 3. The van der Waals surface area contributed by atoms with E-state index in [4.69, 9.17) is 21.4 Å². The number of carbonyl (C=O) groups excluding carboxylic acids is 1. The summed E-state index contributed by atoms with van der Waals surface area (Å²) in [5, 5.41) is 9.00. The van der Waals surface area contributed by atoms with Crippen LogP contribution in [-0.4, -0.2) is 52.2 Å². The number of amides is 1. The topological polar surface area (TPSA) is 82.6 Å². The highest BCUT2D eigenvalue weighted by Gasteiger charge is 2.43. The minimum Gasteiger partial charge on any atom is -0.480 e. The Balaban J connectivity index is 1.88. The first-order valence-corrected chi connectivity index (χ1v) is 5.76. The maximum Gasteiger partial charge on any atom is 0.329 e. The Morgan fingerprint density at radius 1 is 1.61 bits per heavy atom. The van der Waals surface area contributed by atoms with Gasteiger partial charge >= 0.3 is 5.97 Å². The Morgan fingerprint density at radius 3 is 2.78 bits per heavy atom. The van der Waals surface area contributed by atoms with E-state index in [0.717, 1.165) is 0 Å². The Bertz CT molecular complexity index is 479. The van der Waals surface area contributed by atoms with Crippen molar-refractivity contribution < 1.29 is 19.4 Å². The van der Waals surface area contributed by atoms with E-state index >= 15 is 0 Å². The lowest BCUT2D eigenvalue weighted by atomic mass is 9.96. The van der Waals surface area contributed by atoms with Crippen molar-refractivity contribution in [1.82, 2.24) is 9.88 Å². The fraction of sp³-hybridized carbons (Fsp3) is 0.455. The number of nitrogens with one attached hydrogen (secondary N) is 1. The highest BCUT2D eigenvalue weighted by atomic mass is 35.5. The number of H-pyrrole nitrogens is 1. The van der Waals surface area contributed by atoms with Crippen LogP contribution in [0.4, 0.5) is 0 Å². The lowest BCUT2D eigenvalue weighted by molar-refractivity contribution is -0.159. The molecule has 0 spiro atoms. The zero-order valence-electron chi connectivity index (χ0n) is 9.77. The number of carboxylic acid groups (broad SMARTS) is 1. The van der Waals surface area contributed by atoms with Crippen LogP contribution in [0.5, 0.6) is 0 Å². The second-order valence-corrected chi connectivity index (χ2v) is 4.96. The quantitative estimate of drug-likeness (QED) is 0.856. The van der Waals surface area contributed by atoms with E-state index in [1.165, 1.54) is 6.20 Å². The summed E-state index contributed by atoms with van der Waals surface area (Å²) < 4.78 is 5.22. The van der Waals surface area contributed by atoms with Gasteiger partial charge in [0.1, 0.15) is 17.9 Å². The van der Waals surface area contributed by atoms with E-state index in [0.29, 0.717) is 23.8 Å². The van der Waals surface area contributed by atoms with Gasteiger partial charge in [0, 0.05) is 6.20 Å². The van der Waals surface area contributed by atoms with E-state index in [1.54, 1.807) is 17.9 Å². The third kappa shape index (κ3) is 2.65. The fourth-order valence-corrected chi connectivity index (χ4v) is 2.06. The summed E-state index contributed by atoms with van der Waals surface area (Å²) in [4.78, 5) is 26.7. The molecule has 18 heavy (non-hydrogen) atoms. The van der Waals surface area contributed by atoms with Crippen LogP contribution in [0.25, 0.3) is 0 Å². The highest BCUT2D eigenvalue weighted by molar-refractivity contribution is 6.30. The maximum atomic E-state index is 11.9. The molecule has 0 aliphatic carbocycles. The molecule has 1 aromatic heterocycles. The predicted octanol–water partition coefficient (Wildman–Crippen LogP) is 0.984. The molecular weight excluding hydrogens is 260 g/mol. The van der Waals surface area contributed by atoms with E-state index in [-0.39, 0.29) is 12.5 Å². The second kappa shape index (κ2) is 4.62. The minimum atomic E-state index is -1.02. The maximum absolute atomic E-state index is 11.9. The van der Waals surface area contributed by atoms with Crippen LogP contribution >= 0.6 is 11.6 Å². The van der Waals surface area contributed by atoms with Crippen molar-refractivity contribution in [3.8, 4) is 0 Å². The summed E-state index contributed by atoms with van der Waals surface area (Å²) in [6.45, 7) is 2.17. The van der Waals surface area contributed by atoms with Gasteiger partial charge in [-0.3, -0.25) is 4.79 Å². The standard InChI is InChI=1S/C11H13ClN2O4/c1-11(18-4-9(15)16)5-14(6-11)10(17)8-2-7(12)3-13-8/h2-3,13H,4-6H2,1H3,(H,15,16). The molecule has 1 aliphatic rings. The van der Waals surface area contributed by atoms with Crippen LogP contribution < -0.4 is 0 Å². The molecule has 98 valence electrons. The molecule has 2 N–H and O–H groups in total. The summed E-state index contributed by atoms with van der Waals surface area (Å²) in [6, 6.07) is 1.55. The zero-order valence-corrected chi connectivity index (χ0v) is 10.5. The molecule has 1 aromatic rings. The molecule has 6 nitrogen and oxygen atoms in total. The number of hydrogen-bond donors (Lipinski definition) is 2. The summed E-state index contributed by atoms with van der Waals surface area (Å²) in [7, 11) is 0. The van der Waals surface area contributed by atoms with Gasteiger partial charge in [-0.05, 0) is 13.0 Å². The third-order valence-electron chi connectivity index (χ3n) is 2.76. The van der Waals surface area contributed by atoms with Crippen LogP contribution in [0.2, 0.25) is 5.02 Å². The molecule has 1 amide bonds. The van der Waals surface area contributed by atoms with E-state index in [1.807, 2.05) is 0 Å². The fourth-order valence-electron chi connectivity index (χ4n) is 1.89. The first-order chi connectivity index (χ1) is 8.39. The molecular formula is C11H13ClN2O4. The van der Waals surface area contributed by atoms with Crippen molar-refractivity contribution in [2.24, 2.45) is 0 Å². The number of rotatable bonds is 4. The Labute approximate surface area is 108 Å². The molecule has 0 radical (unpaired) electrons. The first kappa shape index (κ1) is 12.9. The third-order valence-corrected chi connectivity index (χ3v) is 2.98. The number of likely N-dealkylation sites (tertiary alicyclic amines) is 1. The van der Waals surface area contributed by atoms with Gasteiger partial charge in [-0.1, -0.05) is 11.6 Å². The van der Waals surface area contributed by atoms with Gasteiger partial charge in [-0.25, -0.2) is 4.79 Å². The molecule has 0 atom stereocenters. The minimum absolute atomic E-state index is 0.168. The lowest BCUT2D eigenvalue weighted by Gasteiger charge is -2.47. The van der Waals surface area contributed by atoms with Crippen LogP contribution in [-0.2, 0) is 9.53 Å². The van der Waals surface area contributed by atoms with Gasteiger partial charge in [-0.15, -0.1) is 0 Å². The Morgan fingerprint density at radius 2 is 2.28 bits per heavy atom. The van der Waals surface area contributed by atoms with Crippen molar-refractivity contribution in [3.05, 3.63) is 23.0 Å². The normalized spacial score (nSPS) is 17.3. The Kier molecular flexibility index (Phi) is 3.32. The number of aliphatic carboxylic acids is 1. The van der Waals surface area contributed by atoms with E-state index in [9.17, 15) is 9.59 Å². The van der Waals surface area contributed by atoms with Gasteiger partial charge in [-0.2, -0.15) is 0 Å². The Hall–Kier alpha value is -1.53. The molecule has 1 fully saturated rings. The largest absolute Gasteiger partial charge is 0.480 e. The lowest BCUT2D eigenvalue weighted by Crippen LogP contribution is -2.63. The first-order valence-electron chi connectivity index (χ1n) is 5.39. The van der Waals surface area contributed by atoms with Gasteiger partial charge in [0.05, 0.1) is 18.1 Å². The van der Waals surface area contributed by atoms with Crippen molar-refractivity contribution >= 4 is 23.5 Å². The van der Waals surface area contributed by atoms with Crippen LogP contribution in [0.3, 0.4) is 0 Å². The number of carboxylic acids is 1. The summed E-state index contributed by atoms with van der Waals surface area (Å²) in [5.41, 5.74) is -0.162. The predicted molar refractivity (Wildman–Crippen MR) is 63.7 cm³/mol. The smallest absolute Gasteiger partial charge is 0.329 e. The molecule has 2 heterocycles. The van der Waals surface area contributed by atoms with Crippen molar-refractivity contribution in [1.29, 1.82) is 0 Å². The molecule has 2 rings (SSSR count). The molecule has 1 aliphatic heterocycles. The molecule has 0 saturated carbocycles.